The number of fused-ring (bicyclic) bond motifs is 5. The number of sulfonamides is 1. The van der Waals surface area contributed by atoms with Crippen molar-refractivity contribution in [1.82, 2.24) is 35.2 Å². The second-order valence-electron chi connectivity index (χ2n) is 18.4. The fourth-order valence-electron chi connectivity index (χ4n) is 8.80. The number of hydrogen-bond acceptors (Lipinski definition) is 13. The van der Waals surface area contributed by atoms with Gasteiger partial charge in [-0.05, 0) is 76.3 Å². The quantitative estimate of drug-likeness (QED) is 0.169. The number of allylic oxidation sites excluding steroid dienone is 1. The Bertz CT molecular complexity index is 2540. The fourth-order valence-corrected chi connectivity index (χ4v) is 11.1. The van der Waals surface area contributed by atoms with E-state index in [9.17, 15) is 27.6 Å². The number of thiazole rings is 1. The van der Waals surface area contributed by atoms with Gasteiger partial charge >= 0.3 is 6.09 Å². The van der Waals surface area contributed by atoms with E-state index in [0.29, 0.717) is 54.0 Å². The fraction of sp³-hybridized carbons (Fsp3) is 0.568. The van der Waals surface area contributed by atoms with Crippen LogP contribution in [0, 0.1) is 5.92 Å². The molecule has 16 nitrogen and oxygen atoms in total. The molecule has 5 aliphatic rings. The molecule has 4 aromatic rings. The van der Waals surface area contributed by atoms with E-state index in [1.165, 1.54) is 16.2 Å². The number of carbonyl (C=O) groups is 4. The van der Waals surface area contributed by atoms with Crippen molar-refractivity contribution in [3.8, 4) is 16.7 Å². The smallest absolute Gasteiger partial charge is 0.408 e. The minimum Gasteiger partial charge on any atom is -0.470 e. The van der Waals surface area contributed by atoms with Gasteiger partial charge in [-0.15, -0.1) is 11.3 Å². The van der Waals surface area contributed by atoms with Crippen molar-refractivity contribution in [1.29, 1.82) is 0 Å². The number of nitrogens with one attached hydrogen (secondary N) is 3. The molecule has 62 heavy (non-hydrogen) atoms. The zero-order valence-electron chi connectivity index (χ0n) is 35.2. The van der Waals surface area contributed by atoms with Gasteiger partial charge in [0.25, 0.3) is 11.8 Å². The van der Waals surface area contributed by atoms with Gasteiger partial charge in [0.15, 0.2) is 10.8 Å². The average Bonchev–Trinajstić information content (AvgIpc) is 3.86. The molecule has 4 amide bonds. The second-order valence-corrected chi connectivity index (χ2v) is 21.2. The molecule has 4 fully saturated rings. The van der Waals surface area contributed by atoms with Gasteiger partial charge in [-0.2, -0.15) is 4.98 Å². The number of benzene rings is 1. The first-order valence-corrected chi connectivity index (χ1v) is 24.3. The largest absolute Gasteiger partial charge is 0.470 e. The molecule has 2 aliphatic heterocycles. The van der Waals surface area contributed by atoms with Gasteiger partial charge in [0.1, 0.15) is 40.9 Å². The molecule has 0 radical (unpaired) electrons. The maximum atomic E-state index is 14.8. The van der Waals surface area contributed by atoms with Gasteiger partial charge in [0.2, 0.25) is 27.4 Å². The number of amides is 4. The van der Waals surface area contributed by atoms with Crippen molar-refractivity contribution in [3.05, 3.63) is 47.5 Å². The summed E-state index contributed by atoms with van der Waals surface area (Å²) in [6.07, 6.45) is 9.82. The van der Waals surface area contributed by atoms with Gasteiger partial charge in [-0.3, -0.25) is 19.1 Å². The number of rotatable bonds is 8. The Balaban J connectivity index is 1.06. The van der Waals surface area contributed by atoms with Gasteiger partial charge < -0.3 is 29.4 Å². The van der Waals surface area contributed by atoms with Crippen LogP contribution in [0.25, 0.3) is 32.9 Å². The van der Waals surface area contributed by atoms with Crippen LogP contribution in [-0.4, -0.2) is 93.7 Å². The van der Waals surface area contributed by atoms with E-state index in [1.807, 2.05) is 41.8 Å². The van der Waals surface area contributed by atoms with Crippen LogP contribution < -0.4 is 20.1 Å². The van der Waals surface area contributed by atoms with Crippen LogP contribution >= 0.6 is 11.3 Å². The van der Waals surface area contributed by atoms with Gasteiger partial charge in [0.05, 0.1) is 17.5 Å². The van der Waals surface area contributed by atoms with E-state index in [2.05, 4.69) is 36.1 Å². The van der Waals surface area contributed by atoms with Crippen LogP contribution in [0.4, 0.5) is 4.79 Å². The Hall–Kier alpha value is -5.10. The summed E-state index contributed by atoms with van der Waals surface area (Å²) in [4.78, 5) is 72.7. The van der Waals surface area contributed by atoms with Crippen molar-refractivity contribution in [2.24, 2.45) is 5.92 Å². The molecule has 330 valence electrons. The number of hydrogen-bond donors (Lipinski definition) is 3. The highest BCUT2D eigenvalue weighted by molar-refractivity contribution is 7.91. The molecule has 3 aliphatic carbocycles. The highest BCUT2D eigenvalue weighted by Gasteiger charge is 2.62. The number of carbonyl (C=O) groups excluding carboxylic acids is 4. The number of alkyl carbamates (subject to hydrolysis) is 1. The minimum atomic E-state index is -3.92. The molecular weight excluding hydrogens is 835 g/mol. The number of para-hydroxylation sites is 1. The molecule has 0 unspecified atom stereocenters. The SMILES string of the molecule is CC(C)(C)c1csc(-c2nc(O[C@@H]3C[C@H]4C(=O)N[C@]5(C(=O)NS(=O)(=O)C6CC6)C[C@H]5C=CCCCCC[C@H](NC(=O)OC5CCCC5)C(=O)N4C3)c3oc4ccccc4c3n2)n1. The summed E-state index contributed by atoms with van der Waals surface area (Å²) in [6.45, 7) is 6.15. The molecule has 1 aromatic carbocycles. The lowest BCUT2D eigenvalue weighted by atomic mass is 9.93. The summed E-state index contributed by atoms with van der Waals surface area (Å²) in [5, 5.41) is 8.41. The Morgan fingerprint density at radius 3 is 2.52 bits per heavy atom. The third kappa shape index (κ3) is 8.64. The Morgan fingerprint density at radius 1 is 0.984 bits per heavy atom. The first kappa shape index (κ1) is 42.2. The lowest BCUT2D eigenvalue weighted by Crippen LogP contribution is -2.58. The summed E-state index contributed by atoms with van der Waals surface area (Å²) >= 11 is 1.41. The van der Waals surface area contributed by atoms with Gasteiger partial charge in [-0.1, -0.05) is 57.9 Å². The monoisotopic (exact) mass is 887 g/mol. The van der Waals surface area contributed by atoms with Crippen LogP contribution in [0.15, 0.2) is 46.2 Å². The third-order valence-electron chi connectivity index (χ3n) is 12.6. The molecule has 0 bridgehead atoms. The van der Waals surface area contributed by atoms with E-state index < -0.39 is 68.7 Å². The minimum absolute atomic E-state index is 0.0120. The van der Waals surface area contributed by atoms with Crippen LogP contribution in [0.3, 0.4) is 0 Å². The standard InChI is InChI=1S/C44H53N7O9S2/c1-43(2,3)33-24-61-39(46-33)36-47-34-29-16-11-12-18-32(29)60-35(34)38(48-36)58-27-21-31-37(52)49-44(41(54)50-62(56,57)28-19-20-28)22-25(44)13-7-5-4-6-8-17-30(40(53)51(31)23-27)45-42(55)59-26-14-9-10-15-26/h7,11-13,16,18,24-28,30-31H,4-6,8-10,14-15,17,19-23H2,1-3H3,(H,45,55)(H,49,52)(H,50,54)/t25-,27-,30+,31+,44-/m1/s1. The number of furan rings is 1. The lowest BCUT2D eigenvalue weighted by molar-refractivity contribution is -0.141. The van der Waals surface area contributed by atoms with Crippen molar-refractivity contribution in [2.45, 2.75) is 145 Å². The van der Waals surface area contributed by atoms with Crippen LogP contribution in [0.2, 0.25) is 0 Å². The predicted octanol–water partition coefficient (Wildman–Crippen LogP) is 6.19. The van der Waals surface area contributed by atoms with Crippen LogP contribution in [0.5, 0.6) is 5.88 Å². The van der Waals surface area contributed by atoms with Crippen molar-refractivity contribution >= 4 is 67.2 Å². The molecule has 5 atom stereocenters. The second kappa shape index (κ2) is 16.5. The first-order valence-electron chi connectivity index (χ1n) is 21.8. The number of aromatic nitrogens is 3. The lowest BCUT2D eigenvalue weighted by Gasteiger charge is -2.30. The number of ether oxygens (including phenoxy) is 2. The number of nitrogens with zero attached hydrogens (tertiary/aromatic N) is 4. The Kier molecular flexibility index (Phi) is 11.3. The van der Waals surface area contributed by atoms with Crippen molar-refractivity contribution in [3.63, 3.8) is 0 Å². The molecule has 5 heterocycles. The Labute approximate surface area is 364 Å². The first-order chi connectivity index (χ1) is 29.7. The molecule has 1 saturated heterocycles. The van der Waals surface area contributed by atoms with Crippen molar-refractivity contribution in [2.75, 3.05) is 6.54 Å². The summed E-state index contributed by atoms with van der Waals surface area (Å²) in [6, 6.07) is 5.28. The average molecular weight is 888 g/mol. The van der Waals surface area contributed by atoms with Gasteiger partial charge in [0, 0.05) is 28.5 Å². The van der Waals surface area contributed by atoms with Crippen LogP contribution in [-0.2, 0) is 34.6 Å². The highest BCUT2D eigenvalue weighted by atomic mass is 32.2. The topological polar surface area (TPSA) is 212 Å². The molecule has 0 spiro atoms. The zero-order valence-corrected chi connectivity index (χ0v) is 36.8. The predicted molar refractivity (Wildman–Crippen MR) is 231 cm³/mol. The van der Waals surface area contributed by atoms with Gasteiger partial charge in [-0.25, -0.2) is 23.2 Å². The van der Waals surface area contributed by atoms with E-state index in [-0.39, 0.29) is 42.4 Å². The van der Waals surface area contributed by atoms with Crippen LogP contribution in [0.1, 0.15) is 110 Å². The molecule has 18 heteroatoms. The molecular formula is C44H53N7O9S2. The summed E-state index contributed by atoms with van der Waals surface area (Å²) in [5.74, 6) is -1.95. The van der Waals surface area contributed by atoms with E-state index in [4.69, 9.17) is 28.8 Å². The molecule has 3 saturated carbocycles. The maximum Gasteiger partial charge on any atom is 0.408 e. The van der Waals surface area contributed by atoms with E-state index >= 15 is 0 Å². The molecule has 9 rings (SSSR count). The summed E-state index contributed by atoms with van der Waals surface area (Å²) in [5.41, 5.74) is 0.507. The summed E-state index contributed by atoms with van der Waals surface area (Å²) < 4.78 is 46.9. The maximum absolute atomic E-state index is 14.8. The summed E-state index contributed by atoms with van der Waals surface area (Å²) in [7, 11) is -3.92. The Morgan fingerprint density at radius 2 is 1.76 bits per heavy atom. The normalized spacial score (nSPS) is 26.3. The van der Waals surface area contributed by atoms with E-state index in [1.54, 1.807) is 0 Å². The zero-order chi connectivity index (χ0) is 43.4. The molecule has 3 N–H and O–H groups in total. The highest BCUT2D eigenvalue weighted by Crippen LogP contribution is 2.46. The molecule has 3 aromatic heterocycles. The van der Waals surface area contributed by atoms with Crippen molar-refractivity contribution < 1.29 is 41.5 Å². The van der Waals surface area contributed by atoms with E-state index in [0.717, 1.165) is 49.6 Å². The third-order valence-corrected chi connectivity index (χ3v) is 15.3.